The monoisotopic (exact) mass is 237 g/mol. The molecule has 0 saturated carbocycles. The molecule has 0 bridgehead atoms. The van der Waals surface area contributed by atoms with Gasteiger partial charge in [-0.05, 0) is 38.8 Å². The summed E-state index contributed by atoms with van der Waals surface area (Å²) in [6.07, 6.45) is 5.79. The van der Waals surface area contributed by atoms with E-state index in [1.807, 2.05) is 6.20 Å². The fraction of sp³-hybridized carbons (Fsp3) is 0.769. The van der Waals surface area contributed by atoms with Crippen molar-refractivity contribution in [2.45, 2.75) is 51.8 Å². The van der Waals surface area contributed by atoms with Gasteiger partial charge >= 0.3 is 0 Å². The molecule has 4 nitrogen and oxygen atoms in total. The van der Waals surface area contributed by atoms with Crippen LogP contribution in [0.2, 0.25) is 0 Å². The average molecular weight is 237 g/mol. The molecule has 1 aliphatic rings. The van der Waals surface area contributed by atoms with Crippen LogP contribution < -0.4 is 5.32 Å². The Hall–Kier alpha value is -0.870. The third-order valence-corrected chi connectivity index (χ3v) is 3.38. The number of nitrogens with one attached hydrogen (secondary N) is 1. The van der Waals surface area contributed by atoms with E-state index in [-0.39, 0.29) is 6.04 Å². The summed E-state index contributed by atoms with van der Waals surface area (Å²) in [5.74, 6) is 0. The number of ether oxygens (including phenoxy) is 1. The van der Waals surface area contributed by atoms with Gasteiger partial charge in [-0.1, -0.05) is 6.92 Å². The molecule has 2 atom stereocenters. The lowest BCUT2D eigenvalue weighted by atomic mass is 9.99. The van der Waals surface area contributed by atoms with Crippen molar-refractivity contribution in [2.24, 2.45) is 0 Å². The third-order valence-electron chi connectivity index (χ3n) is 3.38. The van der Waals surface area contributed by atoms with Crippen molar-refractivity contribution in [3.8, 4) is 0 Å². The molecule has 0 amide bonds. The van der Waals surface area contributed by atoms with E-state index >= 15 is 0 Å². The summed E-state index contributed by atoms with van der Waals surface area (Å²) < 4.78 is 7.97. The molecule has 1 N–H and O–H groups in total. The van der Waals surface area contributed by atoms with Crippen molar-refractivity contribution in [1.29, 1.82) is 0 Å². The van der Waals surface area contributed by atoms with Crippen LogP contribution in [0.15, 0.2) is 12.3 Å². The standard InChI is InChI=1S/C13H23N3O/c1-3-14-13(12-7-5-6-10-17-12)11-8-9-15-16(11)4-2/h8-9,12-14H,3-7,10H2,1-2H3. The molecule has 4 heteroatoms. The molecular formula is C13H23N3O. The van der Waals surface area contributed by atoms with E-state index in [0.717, 1.165) is 26.1 Å². The Kier molecular flexibility index (Phi) is 4.57. The largest absolute Gasteiger partial charge is 0.376 e. The van der Waals surface area contributed by atoms with E-state index in [0.29, 0.717) is 6.10 Å². The molecule has 1 aromatic rings. The fourth-order valence-electron chi connectivity index (χ4n) is 2.55. The number of hydrogen-bond acceptors (Lipinski definition) is 3. The minimum atomic E-state index is 0.280. The van der Waals surface area contributed by atoms with Gasteiger partial charge in [-0.2, -0.15) is 5.10 Å². The highest BCUT2D eigenvalue weighted by Crippen LogP contribution is 2.26. The first-order chi connectivity index (χ1) is 8.36. The predicted octanol–water partition coefficient (Wildman–Crippen LogP) is 2.12. The highest BCUT2D eigenvalue weighted by atomic mass is 16.5. The molecule has 1 aromatic heterocycles. The quantitative estimate of drug-likeness (QED) is 0.852. The first kappa shape index (κ1) is 12.6. The maximum absolute atomic E-state index is 5.91. The topological polar surface area (TPSA) is 39.1 Å². The molecule has 0 aliphatic carbocycles. The summed E-state index contributed by atoms with van der Waals surface area (Å²) >= 11 is 0. The number of aromatic nitrogens is 2. The van der Waals surface area contributed by atoms with E-state index in [2.05, 4.69) is 35.0 Å². The first-order valence-electron chi connectivity index (χ1n) is 6.73. The van der Waals surface area contributed by atoms with E-state index in [1.54, 1.807) is 0 Å². The van der Waals surface area contributed by atoms with Gasteiger partial charge in [-0.25, -0.2) is 0 Å². The Morgan fingerprint density at radius 3 is 3.06 bits per heavy atom. The second kappa shape index (κ2) is 6.17. The van der Waals surface area contributed by atoms with Crippen molar-refractivity contribution in [3.63, 3.8) is 0 Å². The van der Waals surface area contributed by atoms with Crippen LogP contribution in [0.1, 0.15) is 44.8 Å². The van der Waals surface area contributed by atoms with E-state index < -0.39 is 0 Å². The molecule has 2 rings (SSSR count). The van der Waals surface area contributed by atoms with Gasteiger partial charge in [0.25, 0.3) is 0 Å². The molecule has 0 radical (unpaired) electrons. The van der Waals surface area contributed by atoms with Gasteiger partial charge < -0.3 is 10.1 Å². The minimum Gasteiger partial charge on any atom is -0.376 e. The van der Waals surface area contributed by atoms with Crippen LogP contribution >= 0.6 is 0 Å². The van der Waals surface area contributed by atoms with Gasteiger partial charge in [-0.15, -0.1) is 0 Å². The van der Waals surface area contributed by atoms with Gasteiger partial charge in [0.1, 0.15) is 0 Å². The van der Waals surface area contributed by atoms with Gasteiger partial charge in [0.15, 0.2) is 0 Å². The highest BCUT2D eigenvalue weighted by Gasteiger charge is 2.27. The third kappa shape index (κ3) is 2.87. The molecule has 17 heavy (non-hydrogen) atoms. The molecule has 1 aliphatic heterocycles. The smallest absolute Gasteiger partial charge is 0.0785 e. The summed E-state index contributed by atoms with van der Waals surface area (Å²) in [4.78, 5) is 0. The Morgan fingerprint density at radius 1 is 1.53 bits per heavy atom. The maximum atomic E-state index is 5.91. The summed E-state index contributed by atoms with van der Waals surface area (Å²) in [6.45, 7) is 7.03. The van der Waals surface area contributed by atoms with Gasteiger partial charge in [0, 0.05) is 19.3 Å². The van der Waals surface area contributed by atoms with Gasteiger partial charge in [-0.3, -0.25) is 4.68 Å². The molecule has 0 aromatic carbocycles. The van der Waals surface area contributed by atoms with Gasteiger partial charge in [0.05, 0.1) is 17.8 Å². The highest BCUT2D eigenvalue weighted by molar-refractivity contribution is 5.09. The summed E-state index contributed by atoms with van der Waals surface area (Å²) in [7, 11) is 0. The number of nitrogens with zero attached hydrogens (tertiary/aromatic N) is 2. The van der Waals surface area contributed by atoms with Crippen LogP contribution in [-0.4, -0.2) is 29.0 Å². The maximum Gasteiger partial charge on any atom is 0.0785 e. The molecular weight excluding hydrogens is 214 g/mol. The minimum absolute atomic E-state index is 0.280. The zero-order valence-electron chi connectivity index (χ0n) is 10.9. The Morgan fingerprint density at radius 2 is 2.41 bits per heavy atom. The van der Waals surface area contributed by atoms with E-state index in [4.69, 9.17) is 4.74 Å². The van der Waals surface area contributed by atoms with Crippen molar-refractivity contribution in [2.75, 3.05) is 13.2 Å². The summed E-state index contributed by atoms with van der Waals surface area (Å²) in [5.41, 5.74) is 1.25. The van der Waals surface area contributed by atoms with Crippen LogP contribution in [0.4, 0.5) is 0 Å². The Labute approximate surface area is 103 Å². The average Bonchev–Trinajstić information content (AvgIpc) is 2.85. The van der Waals surface area contributed by atoms with Crippen LogP contribution in [-0.2, 0) is 11.3 Å². The van der Waals surface area contributed by atoms with Crippen molar-refractivity contribution < 1.29 is 4.74 Å². The molecule has 0 spiro atoms. The van der Waals surface area contributed by atoms with Crippen molar-refractivity contribution in [3.05, 3.63) is 18.0 Å². The van der Waals surface area contributed by atoms with Crippen LogP contribution in [0.25, 0.3) is 0 Å². The number of rotatable bonds is 5. The zero-order valence-corrected chi connectivity index (χ0v) is 10.9. The predicted molar refractivity (Wildman–Crippen MR) is 67.9 cm³/mol. The summed E-state index contributed by atoms with van der Waals surface area (Å²) in [6, 6.07) is 2.39. The summed E-state index contributed by atoms with van der Waals surface area (Å²) in [5, 5.41) is 7.90. The second-order valence-electron chi connectivity index (χ2n) is 4.51. The molecule has 1 saturated heterocycles. The lowest BCUT2D eigenvalue weighted by Crippen LogP contribution is -2.37. The van der Waals surface area contributed by atoms with Gasteiger partial charge in [0.2, 0.25) is 0 Å². The van der Waals surface area contributed by atoms with E-state index in [9.17, 15) is 0 Å². The van der Waals surface area contributed by atoms with Crippen LogP contribution in [0, 0.1) is 0 Å². The first-order valence-corrected chi connectivity index (χ1v) is 6.73. The van der Waals surface area contributed by atoms with Crippen molar-refractivity contribution >= 4 is 0 Å². The Balaban J connectivity index is 2.15. The fourth-order valence-corrected chi connectivity index (χ4v) is 2.55. The lowest BCUT2D eigenvalue weighted by Gasteiger charge is -2.31. The normalized spacial score (nSPS) is 22.6. The van der Waals surface area contributed by atoms with Crippen LogP contribution in [0.5, 0.6) is 0 Å². The SMILES string of the molecule is CCNC(c1ccnn1CC)C1CCCCO1. The number of aryl methyl sites for hydroxylation is 1. The molecule has 2 unspecified atom stereocenters. The van der Waals surface area contributed by atoms with Crippen LogP contribution in [0.3, 0.4) is 0 Å². The zero-order chi connectivity index (χ0) is 12.1. The van der Waals surface area contributed by atoms with Crippen molar-refractivity contribution in [1.82, 2.24) is 15.1 Å². The molecule has 96 valence electrons. The second-order valence-corrected chi connectivity index (χ2v) is 4.51. The molecule has 2 heterocycles. The molecule has 1 fully saturated rings. The number of hydrogen-bond donors (Lipinski definition) is 1. The lowest BCUT2D eigenvalue weighted by molar-refractivity contribution is -0.00964. The van der Waals surface area contributed by atoms with E-state index in [1.165, 1.54) is 18.5 Å². The Bertz CT molecular complexity index is 331. The number of likely N-dealkylation sites (N-methyl/N-ethyl adjacent to an activating group) is 1.